The second kappa shape index (κ2) is 10.4. The van der Waals surface area contributed by atoms with E-state index in [0.29, 0.717) is 13.0 Å². The molecule has 0 saturated carbocycles. The van der Waals surface area contributed by atoms with Gasteiger partial charge >= 0.3 is 6.03 Å². The first-order valence-electron chi connectivity index (χ1n) is 10.4. The van der Waals surface area contributed by atoms with Crippen LogP contribution in [-0.2, 0) is 24.2 Å². The average Bonchev–Trinajstić information content (AvgIpc) is 3.28. The third kappa shape index (κ3) is 6.17. The van der Waals surface area contributed by atoms with Gasteiger partial charge in [0.15, 0.2) is 0 Å². The molecule has 31 heavy (non-hydrogen) atoms. The molecule has 2 amide bonds. The Kier molecular flexibility index (Phi) is 6.92. The normalized spacial score (nSPS) is 16.1. The minimum Gasteiger partial charge on any atom is -0.333 e. The molecule has 6 nitrogen and oxygen atoms in total. The number of hydrogen-bond donors (Lipinski definition) is 3. The predicted octanol–water partition coefficient (Wildman–Crippen LogP) is 3.52. The molecule has 3 N–H and O–H groups in total. The summed E-state index contributed by atoms with van der Waals surface area (Å²) in [4.78, 5) is 22.7. The zero-order valence-corrected chi connectivity index (χ0v) is 17.2. The molecule has 2 atom stereocenters. The van der Waals surface area contributed by atoms with Gasteiger partial charge in [0.25, 0.3) is 0 Å². The summed E-state index contributed by atoms with van der Waals surface area (Å²) in [5.74, 6) is 0. The topological polar surface area (TPSA) is 75.3 Å². The highest BCUT2D eigenvalue weighted by atomic mass is 16.7. The first kappa shape index (κ1) is 20.6. The Morgan fingerprint density at radius 3 is 2.39 bits per heavy atom. The van der Waals surface area contributed by atoms with E-state index in [4.69, 9.17) is 4.84 Å². The number of aromatic nitrogens is 1. The molecule has 3 aromatic rings. The molecule has 0 spiro atoms. The maximum atomic E-state index is 12.6. The lowest BCUT2D eigenvalue weighted by atomic mass is 10.00. The summed E-state index contributed by atoms with van der Waals surface area (Å²) in [6, 6.07) is 25.5. The van der Waals surface area contributed by atoms with Crippen LogP contribution in [0.5, 0.6) is 0 Å². The van der Waals surface area contributed by atoms with Gasteiger partial charge in [-0.05, 0) is 35.8 Å². The summed E-state index contributed by atoms with van der Waals surface area (Å²) in [6.07, 6.45) is 4.89. The van der Waals surface area contributed by atoms with Crippen LogP contribution in [0.3, 0.4) is 0 Å². The number of pyridine rings is 1. The summed E-state index contributed by atoms with van der Waals surface area (Å²) >= 11 is 0. The first-order valence-corrected chi connectivity index (χ1v) is 10.4. The smallest absolute Gasteiger partial charge is 0.315 e. The number of allylic oxidation sites excluding steroid dienone is 1. The average molecular weight is 415 g/mol. The molecule has 1 aromatic heterocycles. The fourth-order valence-electron chi connectivity index (χ4n) is 3.53. The Morgan fingerprint density at radius 2 is 1.68 bits per heavy atom. The number of benzene rings is 2. The second-order valence-corrected chi connectivity index (χ2v) is 7.48. The van der Waals surface area contributed by atoms with E-state index in [9.17, 15) is 4.79 Å². The Balaban J connectivity index is 1.42. The number of nitrogens with zero attached hydrogens (tertiary/aromatic N) is 1. The maximum absolute atomic E-state index is 12.6. The monoisotopic (exact) mass is 414 g/mol. The van der Waals surface area contributed by atoms with Crippen molar-refractivity contribution in [1.29, 1.82) is 0 Å². The van der Waals surface area contributed by atoms with Gasteiger partial charge in [0.1, 0.15) is 6.10 Å². The molecule has 0 aliphatic carbocycles. The third-order valence-electron chi connectivity index (χ3n) is 5.10. The maximum Gasteiger partial charge on any atom is 0.315 e. The van der Waals surface area contributed by atoms with Crippen LogP contribution in [0.2, 0.25) is 0 Å². The van der Waals surface area contributed by atoms with Crippen LogP contribution in [0.25, 0.3) is 0 Å². The summed E-state index contributed by atoms with van der Waals surface area (Å²) in [5, 5.41) is 5.96. The van der Waals surface area contributed by atoms with Gasteiger partial charge in [0.05, 0.1) is 18.3 Å². The number of nitrogens with one attached hydrogen (secondary N) is 3. The largest absolute Gasteiger partial charge is 0.333 e. The molecule has 0 radical (unpaired) electrons. The van der Waals surface area contributed by atoms with E-state index in [-0.39, 0.29) is 18.2 Å². The molecule has 1 aliphatic heterocycles. The van der Waals surface area contributed by atoms with Crippen molar-refractivity contribution >= 4 is 6.03 Å². The van der Waals surface area contributed by atoms with Crippen LogP contribution >= 0.6 is 0 Å². The van der Waals surface area contributed by atoms with Crippen molar-refractivity contribution in [3.8, 4) is 0 Å². The van der Waals surface area contributed by atoms with Crippen LogP contribution in [0, 0.1) is 0 Å². The highest BCUT2D eigenvalue weighted by Gasteiger charge is 2.28. The minimum atomic E-state index is -0.278. The third-order valence-corrected chi connectivity index (χ3v) is 5.10. The number of carbonyl (C=O) groups excluding carboxylic acids is 1. The van der Waals surface area contributed by atoms with E-state index in [1.165, 1.54) is 5.56 Å². The number of hydroxylamine groups is 1. The lowest BCUT2D eigenvalue weighted by Gasteiger charge is -2.23. The fourth-order valence-corrected chi connectivity index (χ4v) is 3.53. The molecule has 2 heterocycles. The highest BCUT2D eigenvalue weighted by molar-refractivity contribution is 5.74. The quantitative estimate of drug-likeness (QED) is 0.527. The highest BCUT2D eigenvalue weighted by Crippen LogP contribution is 2.18. The summed E-state index contributed by atoms with van der Waals surface area (Å²) in [7, 11) is 0. The van der Waals surface area contributed by atoms with Gasteiger partial charge < -0.3 is 10.6 Å². The summed E-state index contributed by atoms with van der Waals surface area (Å²) < 4.78 is 0. The van der Waals surface area contributed by atoms with Crippen molar-refractivity contribution < 1.29 is 9.63 Å². The van der Waals surface area contributed by atoms with Crippen LogP contribution in [-0.4, -0.2) is 23.2 Å². The second-order valence-electron chi connectivity index (χ2n) is 7.48. The molecule has 2 unspecified atom stereocenters. The van der Waals surface area contributed by atoms with E-state index in [1.807, 2.05) is 54.6 Å². The number of amides is 2. The van der Waals surface area contributed by atoms with Gasteiger partial charge in [-0.2, -0.15) is 0 Å². The van der Waals surface area contributed by atoms with Crippen LogP contribution in [0.15, 0.2) is 96.8 Å². The number of rotatable bonds is 8. The summed E-state index contributed by atoms with van der Waals surface area (Å²) in [6.45, 7) is 0.365. The van der Waals surface area contributed by atoms with Crippen LogP contribution in [0.4, 0.5) is 4.79 Å². The lowest BCUT2D eigenvalue weighted by molar-refractivity contribution is 0.0225. The fraction of sp³-hybridized carbons (Fsp3) is 0.200. The Labute approximate surface area is 182 Å². The van der Waals surface area contributed by atoms with Crippen LogP contribution < -0.4 is 16.1 Å². The standard InChI is InChI=1S/C25H26N4O2/c30-25(27-18-21-13-7-8-14-26-21)28-23(16-20-11-5-2-6-12-20)24-17-22(29-31-24)15-19-9-3-1-4-10-19/h1-14,17,23-24,29H,15-16,18H2,(H2,27,28,30). The zero-order chi connectivity index (χ0) is 21.3. The predicted molar refractivity (Wildman–Crippen MR) is 120 cm³/mol. The van der Waals surface area contributed by atoms with E-state index in [2.05, 4.69) is 51.4 Å². The molecule has 158 valence electrons. The summed E-state index contributed by atoms with van der Waals surface area (Å²) in [5.41, 5.74) is 7.16. The SMILES string of the molecule is O=C(NCc1ccccn1)NC(Cc1ccccc1)C1C=C(Cc2ccccc2)NO1. The van der Waals surface area contributed by atoms with Crippen molar-refractivity contribution in [3.63, 3.8) is 0 Å². The zero-order valence-electron chi connectivity index (χ0n) is 17.2. The van der Waals surface area contributed by atoms with E-state index in [1.54, 1.807) is 6.20 Å². The molecule has 0 fully saturated rings. The van der Waals surface area contributed by atoms with E-state index >= 15 is 0 Å². The van der Waals surface area contributed by atoms with Gasteiger partial charge in [-0.1, -0.05) is 66.7 Å². The number of hydrogen-bond acceptors (Lipinski definition) is 4. The number of carbonyl (C=O) groups is 1. The van der Waals surface area contributed by atoms with Gasteiger partial charge in [-0.15, -0.1) is 0 Å². The van der Waals surface area contributed by atoms with Crippen molar-refractivity contribution in [2.45, 2.75) is 31.5 Å². The molecule has 4 rings (SSSR count). The van der Waals surface area contributed by atoms with Gasteiger partial charge in [-0.25, -0.2) is 4.79 Å². The van der Waals surface area contributed by atoms with Gasteiger partial charge in [0, 0.05) is 18.3 Å². The minimum absolute atomic E-state index is 0.230. The Bertz CT molecular complexity index is 994. The molecule has 0 saturated heterocycles. The first-order chi connectivity index (χ1) is 15.3. The van der Waals surface area contributed by atoms with Crippen molar-refractivity contribution in [2.75, 3.05) is 0 Å². The van der Waals surface area contributed by atoms with Crippen molar-refractivity contribution in [2.24, 2.45) is 0 Å². The van der Waals surface area contributed by atoms with Gasteiger partial charge in [-0.3, -0.25) is 15.3 Å². The Hall–Kier alpha value is -3.64. The molecule has 0 bridgehead atoms. The van der Waals surface area contributed by atoms with E-state index < -0.39 is 0 Å². The molecular weight excluding hydrogens is 388 g/mol. The molecular formula is C25H26N4O2. The van der Waals surface area contributed by atoms with Crippen molar-refractivity contribution in [3.05, 3.63) is 114 Å². The Morgan fingerprint density at radius 1 is 0.968 bits per heavy atom. The molecule has 6 heteroatoms. The number of urea groups is 1. The molecule has 1 aliphatic rings. The molecule has 2 aromatic carbocycles. The van der Waals surface area contributed by atoms with Crippen LogP contribution in [0.1, 0.15) is 16.8 Å². The lowest BCUT2D eigenvalue weighted by Crippen LogP contribution is -2.48. The van der Waals surface area contributed by atoms with E-state index in [0.717, 1.165) is 23.4 Å². The van der Waals surface area contributed by atoms with Crippen molar-refractivity contribution in [1.82, 2.24) is 21.1 Å². The van der Waals surface area contributed by atoms with Gasteiger partial charge in [0.2, 0.25) is 0 Å².